The number of pyridine rings is 2. The second kappa shape index (κ2) is 9.72. The van der Waals surface area contributed by atoms with Gasteiger partial charge in [-0.05, 0) is 80.2 Å². The van der Waals surface area contributed by atoms with E-state index in [0.29, 0.717) is 0 Å². The van der Waals surface area contributed by atoms with Gasteiger partial charge in [-0.25, -0.2) is 4.39 Å². The van der Waals surface area contributed by atoms with Crippen LogP contribution in [-0.2, 0) is 0 Å². The molecule has 0 fully saturated rings. The van der Waals surface area contributed by atoms with Crippen molar-refractivity contribution in [3.05, 3.63) is 84.6 Å². The Morgan fingerprint density at radius 2 is 1.82 bits per heavy atom. The lowest BCUT2D eigenvalue weighted by molar-refractivity contribution is 0.425. The molecule has 7 nitrogen and oxygen atoms in total. The molecule has 0 radical (unpaired) electrons. The monoisotopic (exact) mass is 505 g/mol. The van der Waals surface area contributed by atoms with Crippen molar-refractivity contribution in [1.29, 1.82) is 0 Å². The molecule has 0 aliphatic carbocycles. The summed E-state index contributed by atoms with van der Waals surface area (Å²) in [5.74, 6) is -0.272. The zero-order chi connectivity index (χ0) is 26.2. The second-order valence-corrected chi connectivity index (χ2v) is 9.85. The van der Waals surface area contributed by atoms with Gasteiger partial charge in [0.1, 0.15) is 11.5 Å². The van der Waals surface area contributed by atoms with Gasteiger partial charge in [0.25, 0.3) is 0 Å². The van der Waals surface area contributed by atoms with E-state index in [-0.39, 0.29) is 5.82 Å². The van der Waals surface area contributed by atoms with Gasteiger partial charge >= 0.3 is 0 Å². The minimum atomic E-state index is -0.272. The number of fused-ring (bicyclic) bond motifs is 2. The van der Waals surface area contributed by atoms with Crippen molar-refractivity contribution >= 4 is 27.5 Å². The van der Waals surface area contributed by atoms with Gasteiger partial charge < -0.3 is 15.2 Å². The lowest BCUT2D eigenvalue weighted by Gasteiger charge is -2.13. The summed E-state index contributed by atoms with van der Waals surface area (Å²) in [4.78, 5) is 14.5. The fraction of sp³-hybridized carbons (Fsp3) is 0.167. The molecule has 0 aliphatic rings. The fourth-order valence-corrected chi connectivity index (χ4v) is 4.78. The summed E-state index contributed by atoms with van der Waals surface area (Å²) in [5.41, 5.74) is 8.88. The summed E-state index contributed by atoms with van der Waals surface area (Å²) < 4.78 is 14.6. The van der Waals surface area contributed by atoms with Crippen LogP contribution >= 0.6 is 0 Å². The molecule has 4 aromatic heterocycles. The second-order valence-electron chi connectivity index (χ2n) is 9.85. The topological polar surface area (TPSA) is 85.5 Å². The minimum Gasteiger partial charge on any atom is -0.384 e. The quantitative estimate of drug-likeness (QED) is 0.239. The van der Waals surface area contributed by atoms with Crippen LogP contribution < -0.4 is 5.32 Å². The third-order valence-electron chi connectivity index (χ3n) is 6.63. The molecule has 0 bridgehead atoms. The molecule has 0 unspecified atom stereocenters. The number of rotatable bonds is 7. The standard InChI is InChI=1S/C30H28FN7/c1-18-9-20(16-32-15-18)27-14-25-29(17-34-27)36-37-30(25)28-13-24-23(5-4-6-26(24)35-28)19-10-21(31)12-22(11-19)33-7-8-38(2)3/h4-6,9-17,33,35H,7-8H2,1-3H3,(H,36,37). The Morgan fingerprint density at radius 3 is 2.66 bits per heavy atom. The number of nitrogens with zero attached hydrogens (tertiary/aromatic N) is 4. The molecule has 38 heavy (non-hydrogen) atoms. The van der Waals surface area contributed by atoms with Crippen molar-refractivity contribution in [2.75, 3.05) is 32.5 Å². The Bertz CT molecular complexity index is 1770. The Morgan fingerprint density at radius 1 is 0.921 bits per heavy atom. The van der Waals surface area contributed by atoms with E-state index < -0.39 is 0 Å². The van der Waals surface area contributed by atoms with Crippen LogP contribution in [0.15, 0.2) is 73.2 Å². The smallest absolute Gasteiger partial charge is 0.125 e. The Kier molecular flexibility index (Phi) is 6.09. The van der Waals surface area contributed by atoms with Crippen LogP contribution in [0, 0.1) is 12.7 Å². The number of benzene rings is 2. The molecule has 6 rings (SSSR count). The number of likely N-dealkylation sites (N-methyl/N-ethyl adjacent to an activating group) is 1. The number of anilines is 1. The van der Waals surface area contributed by atoms with Gasteiger partial charge in [0.15, 0.2) is 0 Å². The zero-order valence-corrected chi connectivity index (χ0v) is 21.5. The summed E-state index contributed by atoms with van der Waals surface area (Å²) >= 11 is 0. The molecule has 0 spiro atoms. The van der Waals surface area contributed by atoms with Crippen molar-refractivity contribution in [3.63, 3.8) is 0 Å². The summed E-state index contributed by atoms with van der Waals surface area (Å²) in [6.07, 6.45) is 5.45. The molecule has 0 saturated carbocycles. The van der Waals surface area contributed by atoms with Gasteiger partial charge in [-0.15, -0.1) is 0 Å². The van der Waals surface area contributed by atoms with Gasteiger partial charge in [-0.1, -0.05) is 12.1 Å². The van der Waals surface area contributed by atoms with Crippen LogP contribution in [0.25, 0.3) is 55.6 Å². The first-order valence-electron chi connectivity index (χ1n) is 12.5. The number of aromatic nitrogens is 5. The molecule has 2 aromatic carbocycles. The first kappa shape index (κ1) is 23.8. The van der Waals surface area contributed by atoms with Crippen LogP contribution in [-0.4, -0.2) is 57.2 Å². The van der Waals surface area contributed by atoms with E-state index in [1.165, 1.54) is 6.07 Å². The molecule has 0 aliphatic heterocycles. The molecule has 190 valence electrons. The largest absolute Gasteiger partial charge is 0.384 e. The third-order valence-corrected chi connectivity index (χ3v) is 6.63. The van der Waals surface area contributed by atoms with E-state index in [0.717, 1.165) is 79.9 Å². The van der Waals surface area contributed by atoms with Crippen LogP contribution in [0.2, 0.25) is 0 Å². The predicted molar refractivity (Wildman–Crippen MR) is 152 cm³/mol. The summed E-state index contributed by atoms with van der Waals surface area (Å²) in [7, 11) is 4.03. The van der Waals surface area contributed by atoms with Crippen molar-refractivity contribution in [3.8, 4) is 33.8 Å². The number of H-pyrrole nitrogens is 2. The molecule has 0 atom stereocenters. The highest BCUT2D eigenvalue weighted by atomic mass is 19.1. The van der Waals surface area contributed by atoms with Gasteiger partial charge in [0, 0.05) is 53.0 Å². The molecule has 0 saturated heterocycles. The number of hydrogen-bond donors (Lipinski definition) is 3. The highest BCUT2D eigenvalue weighted by molar-refractivity contribution is 6.01. The lowest BCUT2D eigenvalue weighted by atomic mass is 10.0. The molecular weight excluding hydrogens is 477 g/mol. The number of aromatic amines is 2. The van der Waals surface area contributed by atoms with Gasteiger partial charge in [0.2, 0.25) is 0 Å². The van der Waals surface area contributed by atoms with Crippen molar-refractivity contribution in [1.82, 2.24) is 30.0 Å². The minimum absolute atomic E-state index is 0.272. The molecule has 6 aromatic rings. The first-order chi connectivity index (χ1) is 18.4. The third kappa shape index (κ3) is 4.62. The Balaban J connectivity index is 1.40. The Labute approximate surface area is 219 Å². The van der Waals surface area contributed by atoms with Gasteiger partial charge in [-0.2, -0.15) is 5.10 Å². The lowest BCUT2D eigenvalue weighted by Crippen LogP contribution is -2.20. The van der Waals surface area contributed by atoms with Gasteiger partial charge in [-0.3, -0.25) is 15.1 Å². The van der Waals surface area contributed by atoms with Crippen LogP contribution in [0.3, 0.4) is 0 Å². The van der Waals surface area contributed by atoms with Crippen molar-refractivity contribution < 1.29 is 4.39 Å². The maximum Gasteiger partial charge on any atom is 0.125 e. The van der Waals surface area contributed by atoms with Crippen LogP contribution in [0.4, 0.5) is 10.1 Å². The average molecular weight is 506 g/mol. The van der Waals surface area contributed by atoms with E-state index in [9.17, 15) is 4.39 Å². The number of nitrogens with one attached hydrogen (secondary N) is 3. The molecule has 3 N–H and O–H groups in total. The summed E-state index contributed by atoms with van der Waals surface area (Å²) in [6, 6.07) is 17.3. The molecule has 0 amide bonds. The normalized spacial score (nSPS) is 11.6. The SMILES string of the molecule is Cc1cncc(-c2cc3c(-c4cc5c(-c6cc(F)cc(NCCN(C)C)c6)cccc5[nH]4)n[nH]c3cn2)c1. The Hall–Kier alpha value is -4.56. The van der Waals surface area contributed by atoms with E-state index in [1.54, 1.807) is 12.3 Å². The number of aryl methyl sites for hydroxylation is 1. The molecular formula is C30H28FN7. The summed E-state index contributed by atoms with van der Waals surface area (Å²) in [5, 5.41) is 13.0. The van der Waals surface area contributed by atoms with E-state index in [1.807, 2.05) is 63.7 Å². The maximum absolute atomic E-state index is 14.6. The summed E-state index contributed by atoms with van der Waals surface area (Å²) in [6.45, 7) is 3.61. The number of halogens is 1. The number of hydrogen-bond acceptors (Lipinski definition) is 5. The van der Waals surface area contributed by atoms with Crippen LogP contribution in [0.1, 0.15) is 5.56 Å². The van der Waals surface area contributed by atoms with Crippen molar-refractivity contribution in [2.24, 2.45) is 0 Å². The molecule has 4 heterocycles. The van der Waals surface area contributed by atoms with E-state index in [2.05, 4.69) is 47.5 Å². The van der Waals surface area contributed by atoms with E-state index in [4.69, 9.17) is 0 Å². The fourth-order valence-electron chi connectivity index (χ4n) is 4.78. The predicted octanol–water partition coefficient (Wildman–Crippen LogP) is 6.26. The van der Waals surface area contributed by atoms with Crippen molar-refractivity contribution in [2.45, 2.75) is 6.92 Å². The highest BCUT2D eigenvalue weighted by Gasteiger charge is 2.15. The van der Waals surface area contributed by atoms with Gasteiger partial charge in [0.05, 0.1) is 23.1 Å². The average Bonchev–Trinajstić information content (AvgIpc) is 3.51. The zero-order valence-electron chi connectivity index (χ0n) is 21.5. The molecule has 8 heteroatoms. The van der Waals surface area contributed by atoms with Crippen LogP contribution in [0.5, 0.6) is 0 Å². The van der Waals surface area contributed by atoms with E-state index >= 15 is 0 Å². The highest BCUT2D eigenvalue weighted by Crippen LogP contribution is 2.35. The first-order valence-corrected chi connectivity index (χ1v) is 12.5. The maximum atomic E-state index is 14.6.